The molecule has 1 N–H and O–H groups in total. The maximum Gasteiger partial charge on any atom is 0.122 e. The van der Waals surface area contributed by atoms with Crippen LogP contribution in [0.25, 0.3) is 0 Å². The van der Waals surface area contributed by atoms with Gasteiger partial charge in [0.1, 0.15) is 5.75 Å². The quantitative estimate of drug-likeness (QED) is 0.802. The lowest BCUT2D eigenvalue weighted by atomic mass is 9.94. The molecule has 0 aromatic heterocycles. The third kappa shape index (κ3) is 4.54. The molecule has 0 bridgehead atoms. The second kappa shape index (κ2) is 5.96. The first-order valence-corrected chi connectivity index (χ1v) is 7.43. The molecule has 0 saturated heterocycles. The number of hydrogen-bond donors (Lipinski definition) is 1. The van der Waals surface area contributed by atoms with Crippen LogP contribution in [0.5, 0.6) is 5.75 Å². The van der Waals surface area contributed by atoms with Crippen LogP contribution in [-0.4, -0.2) is 19.2 Å². The van der Waals surface area contributed by atoms with Gasteiger partial charge in [0, 0.05) is 18.0 Å². The van der Waals surface area contributed by atoms with E-state index in [4.69, 9.17) is 4.74 Å². The molecule has 1 saturated carbocycles. The third-order valence-corrected chi connectivity index (χ3v) is 3.61. The minimum absolute atomic E-state index is 0.173. The molecule has 0 spiro atoms. The van der Waals surface area contributed by atoms with Gasteiger partial charge in [0.05, 0.1) is 6.61 Å². The number of hydrogen-bond acceptors (Lipinski definition) is 2. The lowest BCUT2D eigenvalue weighted by Crippen LogP contribution is -2.35. The molecule has 19 heavy (non-hydrogen) atoms. The summed E-state index contributed by atoms with van der Waals surface area (Å²) in [5.74, 6) is 1.54. The molecule has 1 aromatic carbocycles. The first-order valence-electron chi connectivity index (χ1n) is 7.43. The first kappa shape index (κ1) is 14.4. The average Bonchev–Trinajstić information content (AvgIpc) is 3.18. The van der Waals surface area contributed by atoms with E-state index in [1.165, 1.54) is 18.4 Å². The molecule has 2 nitrogen and oxygen atoms in total. The zero-order chi connectivity index (χ0) is 13.9. The van der Waals surface area contributed by atoms with Crippen molar-refractivity contribution in [2.24, 2.45) is 5.41 Å². The topological polar surface area (TPSA) is 21.3 Å². The summed E-state index contributed by atoms with van der Waals surface area (Å²) in [4.78, 5) is 0. The standard InChI is InChI=1S/C17H27NO/c1-13(2)15-7-5-6-8-16(15)19-12-17(3,4)11-18-14-9-10-14/h5-8,13-14,18H,9-12H2,1-4H3. The van der Waals surface area contributed by atoms with Crippen molar-refractivity contribution >= 4 is 0 Å². The molecule has 0 amide bonds. The molecule has 0 unspecified atom stereocenters. The Morgan fingerprint density at radius 3 is 2.58 bits per heavy atom. The summed E-state index contributed by atoms with van der Waals surface area (Å²) in [7, 11) is 0. The summed E-state index contributed by atoms with van der Waals surface area (Å²) in [6, 6.07) is 9.15. The van der Waals surface area contributed by atoms with E-state index in [0.29, 0.717) is 5.92 Å². The largest absolute Gasteiger partial charge is 0.493 e. The number of rotatable bonds is 7. The highest BCUT2D eigenvalue weighted by molar-refractivity contribution is 5.35. The van der Waals surface area contributed by atoms with Crippen molar-refractivity contribution in [2.75, 3.05) is 13.2 Å². The van der Waals surface area contributed by atoms with Gasteiger partial charge in [-0.15, -0.1) is 0 Å². The van der Waals surface area contributed by atoms with Gasteiger partial charge in [-0.2, -0.15) is 0 Å². The summed E-state index contributed by atoms with van der Waals surface area (Å²) < 4.78 is 6.08. The molecule has 2 heteroatoms. The maximum absolute atomic E-state index is 6.08. The van der Waals surface area contributed by atoms with Crippen molar-refractivity contribution in [3.8, 4) is 5.75 Å². The van der Waals surface area contributed by atoms with Gasteiger partial charge >= 0.3 is 0 Å². The van der Waals surface area contributed by atoms with E-state index in [0.717, 1.165) is 24.9 Å². The number of nitrogens with one attached hydrogen (secondary N) is 1. The smallest absolute Gasteiger partial charge is 0.122 e. The van der Waals surface area contributed by atoms with E-state index in [-0.39, 0.29) is 5.41 Å². The molecule has 1 aromatic rings. The molecule has 0 atom stereocenters. The number of ether oxygens (including phenoxy) is 1. The van der Waals surface area contributed by atoms with Gasteiger partial charge < -0.3 is 10.1 Å². The van der Waals surface area contributed by atoms with Gasteiger partial charge in [-0.3, -0.25) is 0 Å². The molecule has 0 radical (unpaired) electrons. The van der Waals surface area contributed by atoms with Crippen molar-refractivity contribution in [3.05, 3.63) is 29.8 Å². The molecule has 106 valence electrons. The highest BCUT2D eigenvalue weighted by Gasteiger charge is 2.26. The number of benzene rings is 1. The summed E-state index contributed by atoms with van der Waals surface area (Å²) in [6.45, 7) is 10.7. The Hall–Kier alpha value is -1.02. The summed E-state index contributed by atoms with van der Waals surface area (Å²) in [5.41, 5.74) is 1.47. The van der Waals surface area contributed by atoms with Gasteiger partial charge in [-0.1, -0.05) is 45.9 Å². The van der Waals surface area contributed by atoms with E-state index in [2.05, 4.69) is 57.3 Å². The van der Waals surface area contributed by atoms with Crippen molar-refractivity contribution in [3.63, 3.8) is 0 Å². The van der Waals surface area contributed by atoms with Crippen LogP contribution < -0.4 is 10.1 Å². The zero-order valence-corrected chi connectivity index (χ0v) is 12.7. The minimum Gasteiger partial charge on any atom is -0.493 e. The highest BCUT2D eigenvalue weighted by atomic mass is 16.5. The minimum atomic E-state index is 0.173. The maximum atomic E-state index is 6.08. The molecule has 0 heterocycles. The fraction of sp³-hybridized carbons (Fsp3) is 0.647. The molecular formula is C17H27NO. The van der Waals surface area contributed by atoms with Gasteiger partial charge in [0.2, 0.25) is 0 Å². The Bertz CT molecular complexity index is 407. The molecule has 0 aliphatic heterocycles. The summed E-state index contributed by atoms with van der Waals surface area (Å²) >= 11 is 0. The Kier molecular flexibility index (Phi) is 4.51. The van der Waals surface area contributed by atoms with E-state index in [9.17, 15) is 0 Å². The monoisotopic (exact) mass is 261 g/mol. The average molecular weight is 261 g/mol. The van der Waals surface area contributed by atoms with E-state index < -0.39 is 0 Å². The van der Waals surface area contributed by atoms with Gasteiger partial charge in [-0.05, 0) is 30.4 Å². The van der Waals surface area contributed by atoms with Crippen molar-refractivity contribution in [1.82, 2.24) is 5.32 Å². The van der Waals surface area contributed by atoms with Crippen molar-refractivity contribution in [2.45, 2.75) is 52.5 Å². The predicted molar refractivity (Wildman–Crippen MR) is 80.8 cm³/mol. The Morgan fingerprint density at radius 2 is 1.95 bits per heavy atom. The van der Waals surface area contributed by atoms with Gasteiger partial charge in [-0.25, -0.2) is 0 Å². The second-order valence-corrected chi connectivity index (χ2v) is 6.80. The Morgan fingerprint density at radius 1 is 1.26 bits per heavy atom. The van der Waals surface area contributed by atoms with Gasteiger partial charge in [0.15, 0.2) is 0 Å². The highest BCUT2D eigenvalue weighted by Crippen LogP contribution is 2.28. The SMILES string of the molecule is CC(C)c1ccccc1OCC(C)(C)CNC1CC1. The number of para-hydroxylation sites is 1. The van der Waals surface area contributed by atoms with Crippen molar-refractivity contribution < 1.29 is 4.74 Å². The summed E-state index contributed by atoms with van der Waals surface area (Å²) in [6.07, 6.45) is 2.68. The van der Waals surface area contributed by atoms with Crippen LogP contribution in [0, 0.1) is 5.41 Å². The van der Waals surface area contributed by atoms with Crippen LogP contribution in [0.4, 0.5) is 0 Å². The fourth-order valence-corrected chi connectivity index (χ4v) is 2.12. The third-order valence-electron chi connectivity index (χ3n) is 3.61. The van der Waals surface area contributed by atoms with Crippen LogP contribution in [-0.2, 0) is 0 Å². The molecule has 1 aliphatic carbocycles. The summed E-state index contributed by atoms with van der Waals surface area (Å²) in [5, 5.41) is 3.59. The second-order valence-electron chi connectivity index (χ2n) is 6.80. The van der Waals surface area contributed by atoms with Crippen molar-refractivity contribution in [1.29, 1.82) is 0 Å². The van der Waals surface area contributed by atoms with E-state index >= 15 is 0 Å². The lowest BCUT2D eigenvalue weighted by molar-refractivity contribution is 0.174. The predicted octanol–water partition coefficient (Wildman–Crippen LogP) is 3.97. The fourth-order valence-electron chi connectivity index (χ4n) is 2.12. The van der Waals surface area contributed by atoms with E-state index in [1.54, 1.807) is 0 Å². The lowest BCUT2D eigenvalue weighted by Gasteiger charge is -2.26. The Labute approximate surface area is 117 Å². The molecule has 2 rings (SSSR count). The van der Waals surface area contributed by atoms with Crippen LogP contribution in [0.2, 0.25) is 0 Å². The molecular weight excluding hydrogens is 234 g/mol. The van der Waals surface area contributed by atoms with Crippen LogP contribution in [0.1, 0.15) is 52.0 Å². The van der Waals surface area contributed by atoms with E-state index in [1.807, 2.05) is 0 Å². The zero-order valence-electron chi connectivity index (χ0n) is 12.7. The normalized spacial score (nSPS) is 15.8. The Balaban J connectivity index is 1.89. The van der Waals surface area contributed by atoms with Crippen LogP contribution in [0.3, 0.4) is 0 Å². The first-order chi connectivity index (χ1) is 8.98. The van der Waals surface area contributed by atoms with Gasteiger partial charge in [0.25, 0.3) is 0 Å². The van der Waals surface area contributed by atoms with Crippen LogP contribution in [0.15, 0.2) is 24.3 Å². The molecule has 1 aliphatic rings. The molecule has 1 fully saturated rings. The van der Waals surface area contributed by atoms with Crippen LogP contribution >= 0.6 is 0 Å².